The first-order valence-corrected chi connectivity index (χ1v) is 7.37. The largest absolute Gasteiger partial charge is 0.489 e. The Balaban J connectivity index is 1.94. The van der Waals surface area contributed by atoms with Gasteiger partial charge in [0.25, 0.3) is 0 Å². The molecule has 0 bridgehead atoms. The molecule has 2 rings (SSSR count). The van der Waals surface area contributed by atoms with Crippen LogP contribution in [-0.4, -0.2) is 17.8 Å². The van der Waals surface area contributed by atoms with E-state index in [1.807, 2.05) is 48.5 Å². The molecule has 4 heteroatoms. The quantitative estimate of drug-likeness (QED) is 0.824. The lowest BCUT2D eigenvalue weighted by molar-refractivity contribution is 0.190. The topological polar surface area (TPSA) is 41.5 Å². The average molecular weight is 306 g/mol. The zero-order valence-electron chi connectivity index (χ0n) is 12.1. The number of hydrogen-bond acceptors (Lipinski definition) is 3. The highest BCUT2D eigenvalue weighted by atomic mass is 35.5. The molecule has 0 aliphatic rings. The fraction of sp³-hybridized carbons (Fsp3) is 0.294. The number of aliphatic hydroxyl groups excluding tert-OH is 1. The maximum Gasteiger partial charge on any atom is 0.124 e. The van der Waals surface area contributed by atoms with Gasteiger partial charge in [0.2, 0.25) is 0 Å². The number of benzene rings is 2. The van der Waals surface area contributed by atoms with Crippen LogP contribution in [0.1, 0.15) is 18.1 Å². The molecule has 2 aromatic rings. The fourth-order valence-electron chi connectivity index (χ4n) is 1.95. The molecule has 1 atom stereocenters. The van der Waals surface area contributed by atoms with Crippen LogP contribution in [0, 0.1) is 0 Å². The minimum Gasteiger partial charge on any atom is -0.489 e. The van der Waals surface area contributed by atoms with Crippen molar-refractivity contribution in [2.45, 2.75) is 26.2 Å². The normalized spacial score (nSPS) is 12.1. The van der Waals surface area contributed by atoms with Gasteiger partial charge in [0.05, 0.1) is 6.10 Å². The second-order valence-electron chi connectivity index (χ2n) is 5.00. The summed E-state index contributed by atoms with van der Waals surface area (Å²) in [5.41, 5.74) is 2.15. The summed E-state index contributed by atoms with van der Waals surface area (Å²) in [5, 5.41) is 13.2. The summed E-state index contributed by atoms with van der Waals surface area (Å²) in [5.74, 6) is 0.852. The Morgan fingerprint density at radius 2 is 1.86 bits per heavy atom. The van der Waals surface area contributed by atoms with E-state index in [4.69, 9.17) is 16.3 Å². The maximum atomic E-state index is 9.27. The summed E-state index contributed by atoms with van der Waals surface area (Å²) >= 11 is 5.87. The molecule has 0 saturated heterocycles. The van der Waals surface area contributed by atoms with Crippen molar-refractivity contribution in [3.8, 4) is 5.75 Å². The first kappa shape index (κ1) is 15.8. The highest BCUT2D eigenvalue weighted by molar-refractivity contribution is 6.30. The Bertz CT molecular complexity index is 555. The number of rotatable bonds is 7. The average Bonchev–Trinajstić information content (AvgIpc) is 2.47. The molecule has 2 aromatic carbocycles. The molecule has 2 N–H and O–H groups in total. The fourth-order valence-corrected chi connectivity index (χ4v) is 2.07. The van der Waals surface area contributed by atoms with Crippen LogP contribution in [-0.2, 0) is 13.2 Å². The van der Waals surface area contributed by atoms with Crippen molar-refractivity contribution >= 4 is 11.6 Å². The number of aliphatic hydroxyl groups is 1. The van der Waals surface area contributed by atoms with Crippen LogP contribution in [0.2, 0.25) is 5.02 Å². The lowest BCUT2D eigenvalue weighted by Crippen LogP contribution is -2.24. The molecular formula is C17H20ClNO2. The van der Waals surface area contributed by atoms with Crippen molar-refractivity contribution in [2.75, 3.05) is 6.54 Å². The van der Waals surface area contributed by atoms with Crippen molar-refractivity contribution in [2.24, 2.45) is 0 Å². The predicted octanol–water partition coefficient (Wildman–Crippen LogP) is 3.39. The van der Waals surface area contributed by atoms with E-state index in [0.717, 1.165) is 21.9 Å². The van der Waals surface area contributed by atoms with Crippen molar-refractivity contribution in [1.29, 1.82) is 0 Å². The van der Waals surface area contributed by atoms with Gasteiger partial charge in [0.1, 0.15) is 12.4 Å². The zero-order chi connectivity index (χ0) is 15.1. The van der Waals surface area contributed by atoms with Crippen LogP contribution in [0.5, 0.6) is 5.75 Å². The number of hydrogen-bond donors (Lipinski definition) is 2. The van der Waals surface area contributed by atoms with Crippen molar-refractivity contribution in [1.82, 2.24) is 5.32 Å². The molecule has 0 saturated carbocycles. The van der Waals surface area contributed by atoms with Gasteiger partial charge < -0.3 is 15.2 Å². The molecule has 0 unspecified atom stereocenters. The van der Waals surface area contributed by atoms with Gasteiger partial charge in [-0.1, -0.05) is 41.9 Å². The monoisotopic (exact) mass is 305 g/mol. The summed E-state index contributed by atoms with van der Waals surface area (Å²) in [4.78, 5) is 0. The Labute approximate surface area is 130 Å². The van der Waals surface area contributed by atoms with Gasteiger partial charge in [-0.05, 0) is 30.7 Å². The SMILES string of the molecule is C[C@@H](O)CNCc1ccccc1OCc1ccc(Cl)cc1. The number of halogens is 1. The standard InChI is InChI=1S/C17H20ClNO2/c1-13(20)10-19-11-15-4-2-3-5-17(15)21-12-14-6-8-16(18)9-7-14/h2-9,13,19-20H,10-12H2,1H3/t13-/m1/s1. The molecule has 3 nitrogen and oxygen atoms in total. The van der Waals surface area contributed by atoms with E-state index in [0.29, 0.717) is 19.7 Å². The summed E-state index contributed by atoms with van der Waals surface area (Å²) in [6.45, 7) is 3.49. The second-order valence-corrected chi connectivity index (χ2v) is 5.44. The summed E-state index contributed by atoms with van der Waals surface area (Å²) in [7, 11) is 0. The highest BCUT2D eigenvalue weighted by Crippen LogP contribution is 2.19. The van der Waals surface area contributed by atoms with E-state index in [2.05, 4.69) is 5.32 Å². The third-order valence-corrected chi connectivity index (χ3v) is 3.29. The van der Waals surface area contributed by atoms with Gasteiger partial charge in [-0.3, -0.25) is 0 Å². The lowest BCUT2D eigenvalue weighted by atomic mass is 10.2. The van der Waals surface area contributed by atoms with E-state index in [-0.39, 0.29) is 6.10 Å². The van der Waals surface area contributed by atoms with Crippen molar-refractivity contribution in [3.63, 3.8) is 0 Å². The molecule has 0 aliphatic carbocycles. The van der Waals surface area contributed by atoms with Gasteiger partial charge >= 0.3 is 0 Å². The van der Waals surface area contributed by atoms with Gasteiger partial charge in [-0.25, -0.2) is 0 Å². The maximum absolute atomic E-state index is 9.27. The van der Waals surface area contributed by atoms with Crippen molar-refractivity contribution < 1.29 is 9.84 Å². The molecule has 0 heterocycles. The minimum atomic E-state index is -0.354. The number of para-hydroxylation sites is 1. The van der Waals surface area contributed by atoms with Crippen LogP contribution in [0.3, 0.4) is 0 Å². The summed E-state index contributed by atoms with van der Waals surface area (Å²) in [6.07, 6.45) is -0.354. The molecule has 0 fully saturated rings. The predicted molar refractivity (Wildman–Crippen MR) is 85.6 cm³/mol. The first-order chi connectivity index (χ1) is 10.1. The Morgan fingerprint density at radius 1 is 1.14 bits per heavy atom. The minimum absolute atomic E-state index is 0.354. The van der Waals surface area contributed by atoms with E-state index in [9.17, 15) is 5.11 Å². The molecular weight excluding hydrogens is 286 g/mol. The Hall–Kier alpha value is -1.55. The molecule has 112 valence electrons. The molecule has 0 amide bonds. The van der Waals surface area contributed by atoms with E-state index < -0.39 is 0 Å². The van der Waals surface area contributed by atoms with E-state index in [1.54, 1.807) is 6.92 Å². The van der Waals surface area contributed by atoms with E-state index >= 15 is 0 Å². The van der Waals surface area contributed by atoms with Crippen molar-refractivity contribution in [3.05, 3.63) is 64.7 Å². The van der Waals surface area contributed by atoms with Gasteiger partial charge in [0.15, 0.2) is 0 Å². The third kappa shape index (κ3) is 5.38. The lowest BCUT2D eigenvalue weighted by Gasteiger charge is -2.13. The Morgan fingerprint density at radius 3 is 2.57 bits per heavy atom. The van der Waals surface area contributed by atoms with Crippen LogP contribution >= 0.6 is 11.6 Å². The summed E-state index contributed by atoms with van der Waals surface area (Å²) < 4.78 is 5.88. The summed E-state index contributed by atoms with van der Waals surface area (Å²) in [6, 6.07) is 15.5. The van der Waals surface area contributed by atoms with Crippen LogP contribution in [0.25, 0.3) is 0 Å². The highest BCUT2D eigenvalue weighted by Gasteiger charge is 2.04. The zero-order valence-corrected chi connectivity index (χ0v) is 12.8. The molecule has 0 aliphatic heterocycles. The molecule has 0 aromatic heterocycles. The molecule has 0 radical (unpaired) electrons. The van der Waals surface area contributed by atoms with Crippen LogP contribution < -0.4 is 10.1 Å². The van der Waals surface area contributed by atoms with Crippen LogP contribution in [0.4, 0.5) is 0 Å². The van der Waals surface area contributed by atoms with Gasteiger partial charge in [-0.2, -0.15) is 0 Å². The number of ether oxygens (including phenoxy) is 1. The van der Waals surface area contributed by atoms with Crippen LogP contribution in [0.15, 0.2) is 48.5 Å². The smallest absolute Gasteiger partial charge is 0.124 e. The van der Waals surface area contributed by atoms with Gasteiger partial charge in [0, 0.05) is 23.7 Å². The second kappa shape index (κ2) is 8.03. The molecule has 21 heavy (non-hydrogen) atoms. The first-order valence-electron chi connectivity index (χ1n) is 6.99. The Kier molecular flexibility index (Phi) is 6.05. The van der Waals surface area contributed by atoms with E-state index in [1.165, 1.54) is 0 Å². The van der Waals surface area contributed by atoms with Gasteiger partial charge in [-0.15, -0.1) is 0 Å². The molecule has 0 spiro atoms. The number of nitrogens with one attached hydrogen (secondary N) is 1. The third-order valence-electron chi connectivity index (χ3n) is 3.04.